The van der Waals surface area contributed by atoms with Gasteiger partial charge in [-0.1, -0.05) is 11.6 Å². The van der Waals surface area contributed by atoms with Crippen LogP contribution in [-0.4, -0.2) is 34.9 Å². The number of hydrogen-bond donors (Lipinski definition) is 2. The van der Waals surface area contributed by atoms with Crippen molar-refractivity contribution < 1.29 is 14.3 Å². The van der Waals surface area contributed by atoms with Crippen molar-refractivity contribution in [2.45, 2.75) is 34.1 Å². The summed E-state index contributed by atoms with van der Waals surface area (Å²) in [6.45, 7) is 8.92. The number of benzene rings is 2. The number of allylic oxidation sites excluding steroid dienone is 1. The van der Waals surface area contributed by atoms with Crippen molar-refractivity contribution in [2.75, 3.05) is 18.5 Å². The number of aryl methyl sites for hydroxylation is 2. The number of carbonyl (C=O) groups excluding carboxylic acids is 2. The molecule has 0 aliphatic carbocycles. The van der Waals surface area contributed by atoms with Crippen molar-refractivity contribution in [3.05, 3.63) is 101 Å². The molecule has 0 bridgehead atoms. The fourth-order valence-corrected chi connectivity index (χ4v) is 4.32. The highest BCUT2D eigenvalue weighted by Gasteiger charge is 2.17. The molecule has 2 N–H and O–H groups in total. The summed E-state index contributed by atoms with van der Waals surface area (Å²) in [5, 5.41) is 6.67. The smallest absolute Gasteiger partial charge is 0.256 e. The maximum Gasteiger partial charge on any atom is 0.256 e. The molecule has 7 nitrogen and oxygen atoms in total. The van der Waals surface area contributed by atoms with Gasteiger partial charge in [0.15, 0.2) is 0 Å². The molecule has 2 heterocycles. The first-order valence-electron chi connectivity index (χ1n) is 12.7. The first-order valence-corrected chi connectivity index (χ1v) is 12.7. The second-order valence-corrected chi connectivity index (χ2v) is 9.00. The minimum atomic E-state index is -0.250. The van der Waals surface area contributed by atoms with E-state index >= 15 is 0 Å². The van der Waals surface area contributed by atoms with Crippen LogP contribution >= 0.6 is 0 Å². The lowest BCUT2D eigenvalue weighted by molar-refractivity contribution is 0.0951. The minimum Gasteiger partial charge on any atom is -0.499 e. The van der Waals surface area contributed by atoms with E-state index in [2.05, 4.69) is 21.7 Å². The van der Waals surface area contributed by atoms with Crippen molar-refractivity contribution in [3.63, 3.8) is 0 Å². The molecule has 4 aromatic rings. The molecular formula is C31H32N4O3. The Morgan fingerprint density at radius 1 is 1.03 bits per heavy atom. The number of nitrogens with one attached hydrogen (secondary N) is 2. The molecule has 0 spiro atoms. The fourth-order valence-electron chi connectivity index (χ4n) is 4.32. The SMILES string of the molecule is C/C=C(/CCNC(=O)c1ccc(NC(=O)c2cc(-c3cccnc3)nc3c(C)cc(C)cc23)cc1)OCC. The highest BCUT2D eigenvalue weighted by atomic mass is 16.5. The van der Waals surface area contributed by atoms with Crippen molar-refractivity contribution in [3.8, 4) is 11.3 Å². The number of aromatic nitrogens is 2. The Labute approximate surface area is 223 Å². The van der Waals surface area contributed by atoms with E-state index in [0.29, 0.717) is 42.1 Å². The molecule has 7 heteroatoms. The molecule has 0 fully saturated rings. The summed E-state index contributed by atoms with van der Waals surface area (Å²) in [7, 11) is 0. The molecule has 0 aliphatic heterocycles. The second-order valence-electron chi connectivity index (χ2n) is 9.00. The molecule has 38 heavy (non-hydrogen) atoms. The third-order valence-corrected chi connectivity index (χ3v) is 6.16. The van der Waals surface area contributed by atoms with E-state index < -0.39 is 0 Å². The van der Waals surface area contributed by atoms with Crippen LogP contribution in [0.4, 0.5) is 5.69 Å². The first-order chi connectivity index (χ1) is 18.4. The normalized spacial score (nSPS) is 11.3. The number of amides is 2. The molecule has 4 rings (SSSR count). The lowest BCUT2D eigenvalue weighted by Gasteiger charge is -2.13. The number of carbonyl (C=O) groups is 2. The quantitative estimate of drug-likeness (QED) is 0.262. The molecule has 2 amide bonds. The van der Waals surface area contributed by atoms with Crippen LogP contribution < -0.4 is 10.6 Å². The number of rotatable bonds is 9. The van der Waals surface area contributed by atoms with Gasteiger partial charge >= 0.3 is 0 Å². The molecule has 0 saturated heterocycles. The Bertz CT molecular complexity index is 1480. The summed E-state index contributed by atoms with van der Waals surface area (Å²) in [6, 6.07) is 16.5. The van der Waals surface area contributed by atoms with E-state index in [-0.39, 0.29) is 11.8 Å². The van der Waals surface area contributed by atoms with Gasteiger partial charge in [0, 0.05) is 47.6 Å². The van der Waals surface area contributed by atoms with E-state index in [4.69, 9.17) is 9.72 Å². The molecule has 0 atom stereocenters. The number of nitrogens with zero attached hydrogens (tertiary/aromatic N) is 2. The molecule has 0 unspecified atom stereocenters. The highest BCUT2D eigenvalue weighted by molar-refractivity contribution is 6.13. The molecule has 2 aromatic carbocycles. The number of ether oxygens (including phenoxy) is 1. The number of pyridine rings is 2. The van der Waals surface area contributed by atoms with E-state index in [1.54, 1.807) is 42.7 Å². The van der Waals surface area contributed by atoms with Crippen LogP contribution in [0.1, 0.15) is 52.1 Å². The number of anilines is 1. The zero-order chi connectivity index (χ0) is 27.1. The lowest BCUT2D eigenvalue weighted by Crippen LogP contribution is -2.25. The van der Waals surface area contributed by atoms with Crippen molar-refractivity contribution in [2.24, 2.45) is 0 Å². The average Bonchev–Trinajstić information content (AvgIpc) is 2.92. The van der Waals surface area contributed by atoms with Crippen LogP contribution in [-0.2, 0) is 4.74 Å². The zero-order valence-electron chi connectivity index (χ0n) is 22.2. The van der Waals surface area contributed by atoms with Gasteiger partial charge in [-0.05, 0) is 87.9 Å². The summed E-state index contributed by atoms with van der Waals surface area (Å²) in [5.74, 6) is 0.424. The van der Waals surface area contributed by atoms with Gasteiger partial charge < -0.3 is 15.4 Å². The van der Waals surface area contributed by atoms with E-state index in [1.807, 2.05) is 52.0 Å². The van der Waals surface area contributed by atoms with Crippen LogP contribution in [0.25, 0.3) is 22.2 Å². The highest BCUT2D eigenvalue weighted by Crippen LogP contribution is 2.28. The summed E-state index contributed by atoms with van der Waals surface area (Å²) >= 11 is 0. The summed E-state index contributed by atoms with van der Waals surface area (Å²) in [4.78, 5) is 35.1. The minimum absolute atomic E-state index is 0.179. The van der Waals surface area contributed by atoms with Crippen LogP contribution in [0.3, 0.4) is 0 Å². The van der Waals surface area contributed by atoms with Crippen LogP contribution in [0.5, 0.6) is 0 Å². The standard InChI is InChI=1S/C31H32N4O3/c1-5-25(38-6-2)13-15-33-30(36)22-9-11-24(12-10-22)34-31(37)27-18-28(23-8-7-14-32-19-23)35-29-21(4)16-20(3)17-26(27)29/h5,7-12,14,16-19H,6,13,15H2,1-4H3,(H,33,36)(H,34,37)/b25-5-. The maximum atomic E-state index is 13.5. The topological polar surface area (TPSA) is 93.2 Å². The monoisotopic (exact) mass is 508 g/mol. The van der Waals surface area contributed by atoms with Gasteiger partial charge in [-0.25, -0.2) is 4.98 Å². The van der Waals surface area contributed by atoms with Crippen molar-refractivity contribution in [1.29, 1.82) is 0 Å². The Kier molecular flexibility index (Phi) is 8.48. The maximum absolute atomic E-state index is 13.5. The van der Waals surface area contributed by atoms with Gasteiger partial charge in [-0.2, -0.15) is 0 Å². The van der Waals surface area contributed by atoms with E-state index in [9.17, 15) is 9.59 Å². The zero-order valence-corrected chi connectivity index (χ0v) is 22.2. The fraction of sp³-hybridized carbons (Fsp3) is 0.226. The average molecular weight is 509 g/mol. The summed E-state index contributed by atoms with van der Waals surface area (Å²) in [5.41, 5.74) is 5.98. The van der Waals surface area contributed by atoms with Gasteiger partial charge in [0.1, 0.15) is 0 Å². The summed E-state index contributed by atoms with van der Waals surface area (Å²) in [6.07, 6.45) is 5.97. The molecule has 0 aliphatic rings. The lowest BCUT2D eigenvalue weighted by atomic mass is 9.99. The van der Waals surface area contributed by atoms with Crippen molar-refractivity contribution >= 4 is 28.4 Å². The van der Waals surface area contributed by atoms with E-state index in [1.165, 1.54) is 0 Å². The van der Waals surface area contributed by atoms with Gasteiger partial charge in [0.05, 0.1) is 29.1 Å². The van der Waals surface area contributed by atoms with Gasteiger partial charge in [0.25, 0.3) is 11.8 Å². The Morgan fingerprint density at radius 2 is 1.82 bits per heavy atom. The van der Waals surface area contributed by atoms with Crippen LogP contribution in [0.15, 0.2) is 78.8 Å². The third kappa shape index (κ3) is 6.24. The molecule has 194 valence electrons. The Balaban J connectivity index is 1.53. The molecule has 0 saturated carbocycles. The van der Waals surface area contributed by atoms with E-state index in [0.717, 1.165) is 33.4 Å². The van der Waals surface area contributed by atoms with Gasteiger partial charge in [-0.3, -0.25) is 14.6 Å². The molecular weight excluding hydrogens is 476 g/mol. The predicted molar refractivity (Wildman–Crippen MR) is 151 cm³/mol. The number of hydrogen-bond acceptors (Lipinski definition) is 5. The molecule has 2 aromatic heterocycles. The summed E-state index contributed by atoms with van der Waals surface area (Å²) < 4.78 is 5.50. The van der Waals surface area contributed by atoms with Crippen molar-refractivity contribution in [1.82, 2.24) is 15.3 Å². The predicted octanol–water partition coefficient (Wildman–Crippen LogP) is 6.23. The molecule has 0 radical (unpaired) electrons. The first kappa shape index (κ1) is 26.5. The Hall–Kier alpha value is -4.52. The van der Waals surface area contributed by atoms with Crippen LogP contribution in [0, 0.1) is 13.8 Å². The Morgan fingerprint density at radius 3 is 2.50 bits per heavy atom. The second kappa shape index (κ2) is 12.1. The van der Waals surface area contributed by atoms with Gasteiger partial charge in [-0.15, -0.1) is 0 Å². The van der Waals surface area contributed by atoms with Crippen LogP contribution in [0.2, 0.25) is 0 Å². The van der Waals surface area contributed by atoms with Gasteiger partial charge in [0.2, 0.25) is 0 Å². The largest absolute Gasteiger partial charge is 0.499 e. The number of fused-ring (bicyclic) bond motifs is 1. The third-order valence-electron chi connectivity index (χ3n) is 6.16.